The van der Waals surface area contributed by atoms with Crippen LogP contribution in [0.5, 0.6) is 0 Å². The summed E-state index contributed by atoms with van der Waals surface area (Å²) in [5, 5.41) is 9.34. The highest BCUT2D eigenvalue weighted by Crippen LogP contribution is 2.15. The molecule has 2 rings (SSSR count). The summed E-state index contributed by atoms with van der Waals surface area (Å²) in [6.45, 7) is 8.77. The maximum atomic E-state index is 13.8. The summed E-state index contributed by atoms with van der Waals surface area (Å²) in [7, 11) is 0. The summed E-state index contributed by atoms with van der Waals surface area (Å²) in [6, 6.07) is 5.57. The molecular weight excluding hydrogens is 255 g/mol. The van der Waals surface area contributed by atoms with Crippen molar-refractivity contribution >= 4 is 0 Å². The Kier molecular flexibility index (Phi) is 5.52. The molecule has 0 saturated carbocycles. The van der Waals surface area contributed by atoms with Crippen LogP contribution in [0.3, 0.4) is 0 Å². The molecule has 0 bridgehead atoms. The first kappa shape index (κ1) is 15.4. The minimum Gasteiger partial charge on any atom is -0.395 e. The van der Waals surface area contributed by atoms with E-state index in [1.54, 1.807) is 6.07 Å². The van der Waals surface area contributed by atoms with Gasteiger partial charge in [0.15, 0.2) is 0 Å². The summed E-state index contributed by atoms with van der Waals surface area (Å²) < 4.78 is 13.8. The van der Waals surface area contributed by atoms with Crippen molar-refractivity contribution in [3.63, 3.8) is 0 Å². The lowest BCUT2D eigenvalue weighted by Gasteiger charge is -2.38. The van der Waals surface area contributed by atoms with E-state index in [1.807, 2.05) is 19.1 Å². The molecule has 1 aromatic rings. The summed E-state index contributed by atoms with van der Waals surface area (Å²) in [6.07, 6.45) is 0.975. The third-order valence-electron chi connectivity index (χ3n) is 4.20. The molecule has 0 aromatic heterocycles. The monoisotopic (exact) mass is 280 g/mol. The van der Waals surface area contributed by atoms with Crippen LogP contribution in [0.1, 0.15) is 24.5 Å². The van der Waals surface area contributed by atoms with Crippen LogP contribution in [0, 0.1) is 12.7 Å². The van der Waals surface area contributed by atoms with Crippen molar-refractivity contribution in [2.75, 3.05) is 32.8 Å². The fraction of sp³-hybridized carbons (Fsp3) is 0.625. The van der Waals surface area contributed by atoms with Crippen molar-refractivity contribution in [1.29, 1.82) is 0 Å². The van der Waals surface area contributed by atoms with Gasteiger partial charge in [0, 0.05) is 44.3 Å². The minimum atomic E-state index is -0.111. The molecule has 20 heavy (non-hydrogen) atoms. The lowest BCUT2D eigenvalue weighted by atomic mass is 10.1. The number of hydrogen-bond donors (Lipinski definition) is 1. The first-order chi connectivity index (χ1) is 9.63. The quantitative estimate of drug-likeness (QED) is 0.894. The van der Waals surface area contributed by atoms with Crippen LogP contribution >= 0.6 is 0 Å². The highest BCUT2D eigenvalue weighted by molar-refractivity contribution is 5.24. The first-order valence-corrected chi connectivity index (χ1v) is 7.46. The molecule has 1 saturated heterocycles. The molecule has 3 nitrogen and oxygen atoms in total. The van der Waals surface area contributed by atoms with Gasteiger partial charge in [0.1, 0.15) is 5.82 Å². The number of halogens is 1. The van der Waals surface area contributed by atoms with Crippen LogP contribution in [0.25, 0.3) is 0 Å². The Morgan fingerprint density at radius 1 is 1.25 bits per heavy atom. The molecule has 1 atom stereocenters. The molecule has 4 heteroatoms. The zero-order valence-corrected chi connectivity index (χ0v) is 12.5. The van der Waals surface area contributed by atoms with Gasteiger partial charge >= 0.3 is 0 Å². The molecular formula is C16H25FN2O. The topological polar surface area (TPSA) is 26.7 Å². The van der Waals surface area contributed by atoms with Crippen LogP contribution in [0.2, 0.25) is 0 Å². The van der Waals surface area contributed by atoms with Gasteiger partial charge < -0.3 is 5.11 Å². The predicted molar refractivity (Wildman–Crippen MR) is 79.2 cm³/mol. The summed E-state index contributed by atoms with van der Waals surface area (Å²) in [5.74, 6) is -0.111. The second kappa shape index (κ2) is 7.16. The van der Waals surface area contributed by atoms with E-state index in [1.165, 1.54) is 0 Å². The molecule has 0 amide bonds. The van der Waals surface area contributed by atoms with E-state index in [0.717, 1.165) is 43.7 Å². The predicted octanol–water partition coefficient (Wildman–Crippen LogP) is 2.02. The van der Waals surface area contributed by atoms with Crippen LogP contribution in [0.4, 0.5) is 4.39 Å². The standard InChI is InChI=1S/C16H25FN2O/c1-3-15(12-20)19-8-6-18(7-9-19)11-14-10-13(2)4-5-16(14)17/h4-5,10,15,20H,3,6-9,11-12H2,1-2H3. The van der Waals surface area contributed by atoms with E-state index in [2.05, 4.69) is 16.7 Å². The normalized spacial score (nSPS) is 19.2. The Hall–Kier alpha value is -0.970. The van der Waals surface area contributed by atoms with Gasteiger partial charge in [0.05, 0.1) is 6.61 Å². The van der Waals surface area contributed by atoms with Crippen molar-refractivity contribution in [2.45, 2.75) is 32.9 Å². The van der Waals surface area contributed by atoms with Gasteiger partial charge in [0.2, 0.25) is 0 Å². The second-order valence-electron chi connectivity index (χ2n) is 5.65. The van der Waals surface area contributed by atoms with E-state index in [-0.39, 0.29) is 18.5 Å². The molecule has 1 aromatic carbocycles. The molecule has 1 aliphatic heterocycles. The molecule has 0 radical (unpaired) electrons. The Balaban J connectivity index is 1.89. The third kappa shape index (κ3) is 3.78. The molecule has 0 aliphatic carbocycles. The number of rotatable bonds is 5. The molecule has 1 aliphatic rings. The zero-order chi connectivity index (χ0) is 14.5. The average Bonchev–Trinajstić information content (AvgIpc) is 2.46. The maximum absolute atomic E-state index is 13.8. The average molecular weight is 280 g/mol. The lowest BCUT2D eigenvalue weighted by molar-refractivity contribution is 0.0604. The van der Waals surface area contributed by atoms with Gasteiger partial charge in [-0.2, -0.15) is 0 Å². The molecule has 1 heterocycles. The number of nitrogens with zero attached hydrogens (tertiary/aromatic N) is 2. The van der Waals surface area contributed by atoms with Gasteiger partial charge in [-0.25, -0.2) is 4.39 Å². The van der Waals surface area contributed by atoms with Crippen molar-refractivity contribution in [3.8, 4) is 0 Å². The van der Waals surface area contributed by atoms with E-state index in [0.29, 0.717) is 6.54 Å². The maximum Gasteiger partial charge on any atom is 0.127 e. The van der Waals surface area contributed by atoms with Gasteiger partial charge in [-0.3, -0.25) is 9.80 Å². The Bertz CT molecular complexity index is 426. The van der Waals surface area contributed by atoms with Crippen LogP contribution in [-0.2, 0) is 6.54 Å². The smallest absolute Gasteiger partial charge is 0.127 e. The largest absolute Gasteiger partial charge is 0.395 e. The summed E-state index contributed by atoms with van der Waals surface area (Å²) >= 11 is 0. The SMILES string of the molecule is CCC(CO)N1CCN(Cc2cc(C)ccc2F)CC1. The first-order valence-electron chi connectivity index (χ1n) is 7.46. The van der Waals surface area contributed by atoms with E-state index in [9.17, 15) is 9.50 Å². The summed E-state index contributed by atoms with van der Waals surface area (Å²) in [4.78, 5) is 4.63. The lowest BCUT2D eigenvalue weighted by Crippen LogP contribution is -2.50. The molecule has 0 spiro atoms. The van der Waals surface area contributed by atoms with Crippen LogP contribution in [-0.4, -0.2) is 53.7 Å². The van der Waals surface area contributed by atoms with Gasteiger partial charge in [0.25, 0.3) is 0 Å². The highest BCUT2D eigenvalue weighted by Gasteiger charge is 2.22. The Morgan fingerprint density at radius 3 is 2.55 bits per heavy atom. The van der Waals surface area contributed by atoms with Crippen LogP contribution in [0.15, 0.2) is 18.2 Å². The number of benzene rings is 1. The second-order valence-corrected chi connectivity index (χ2v) is 5.65. The Labute approximate surface area is 121 Å². The molecule has 1 N–H and O–H groups in total. The molecule has 1 unspecified atom stereocenters. The van der Waals surface area contributed by atoms with Crippen molar-refractivity contribution < 1.29 is 9.50 Å². The minimum absolute atomic E-state index is 0.111. The van der Waals surface area contributed by atoms with E-state index < -0.39 is 0 Å². The third-order valence-corrected chi connectivity index (χ3v) is 4.20. The molecule has 1 fully saturated rings. The van der Waals surface area contributed by atoms with Crippen molar-refractivity contribution in [3.05, 3.63) is 35.1 Å². The highest BCUT2D eigenvalue weighted by atomic mass is 19.1. The molecule has 112 valence electrons. The zero-order valence-electron chi connectivity index (χ0n) is 12.5. The van der Waals surface area contributed by atoms with E-state index in [4.69, 9.17) is 0 Å². The van der Waals surface area contributed by atoms with Gasteiger partial charge in [-0.15, -0.1) is 0 Å². The number of piperazine rings is 1. The number of aryl methyl sites for hydroxylation is 1. The fourth-order valence-corrected chi connectivity index (χ4v) is 2.85. The number of aliphatic hydroxyl groups excluding tert-OH is 1. The fourth-order valence-electron chi connectivity index (χ4n) is 2.85. The van der Waals surface area contributed by atoms with Gasteiger partial charge in [-0.05, 0) is 19.4 Å². The van der Waals surface area contributed by atoms with Crippen molar-refractivity contribution in [2.24, 2.45) is 0 Å². The number of hydrogen-bond acceptors (Lipinski definition) is 3. The van der Waals surface area contributed by atoms with Crippen molar-refractivity contribution in [1.82, 2.24) is 9.80 Å². The summed E-state index contributed by atoms with van der Waals surface area (Å²) in [5.41, 5.74) is 1.89. The number of aliphatic hydroxyl groups is 1. The van der Waals surface area contributed by atoms with Crippen LogP contribution < -0.4 is 0 Å². The van der Waals surface area contributed by atoms with E-state index >= 15 is 0 Å². The van der Waals surface area contributed by atoms with Gasteiger partial charge in [-0.1, -0.05) is 24.6 Å². The Morgan fingerprint density at radius 2 is 1.95 bits per heavy atom.